The summed E-state index contributed by atoms with van der Waals surface area (Å²) in [6, 6.07) is 14.9. The van der Waals surface area contributed by atoms with Gasteiger partial charge in [0.2, 0.25) is 5.91 Å². The Morgan fingerprint density at radius 2 is 1.86 bits per heavy atom. The van der Waals surface area contributed by atoms with Gasteiger partial charge in [-0.2, -0.15) is 0 Å². The van der Waals surface area contributed by atoms with Crippen LogP contribution in [0.5, 0.6) is 0 Å². The molecule has 0 fully saturated rings. The maximum atomic E-state index is 12.2. The Morgan fingerprint density at radius 3 is 2.59 bits per heavy atom. The van der Waals surface area contributed by atoms with Crippen LogP contribution in [0, 0.1) is 0 Å². The van der Waals surface area contributed by atoms with Crippen LogP contribution in [0.3, 0.4) is 0 Å². The Kier molecular flexibility index (Phi) is 8.29. The smallest absolute Gasteiger partial charge is 0.234 e. The second-order valence-corrected chi connectivity index (χ2v) is 8.91. The maximum Gasteiger partial charge on any atom is 0.234 e. The van der Waals surface area contributed by atoms with Gasteiger partial charge in [-0.05, 0) is 42.8 Å². The maximum absolute atomic E-state index is 12.2. The number of aromatic nitrogens is 3. The first-order chi connectivity index (χ1) is 14.0. The van der Waals surface area contributed by atoms with Crippen molar-refractivity contribution in [1.82, 2.24) is 14.8 Å². The summed E-state index contributed by atoms with van der Waals surface area (Å²) in [6.07, 6.45) is 0. The molecule has 3 rings (SSSR count). The zero-order valence-corrected chi connectivity index (χ0v) is 18.9. The molecule has 0 spiro atoms. The number of anilines is 1. The fourth-order valence-corrected chi connectivity index (χ4v) is 4.65. The van der Waals surface area contributed by atoms with Gasteiger partial charge in [0.25, 0.3) is 0 Å². The molecule has 1 aromatic heterocycles. The van der Waals surface area contributed by atoms with Crippen molar-refractivity contribution in [2.45, 2.75) is 30.1 Å². The largest absolute Gasteiger partial charge is 0.325 e. The van der Waals surface area contributed by atoms with Crippen LogP contribution in [0.15, 0.2) is 53.7 Å². The van der Waals surface area contributed by atoms with Gasteiger partial charge in [0, 0.05) is 28.0 Å². The molecule has 0 saturated carbocycles. The van der Waals surface area contributed by atoms with E-state index in [2.05, 4.69) is 15.5 Å². The Balaban J connectivity index is 1.51. The molecule has 3 aromatic rings. The van der Waals surface area contributed by atoms with E-state index in [9.17, 15) is 4.79 Å². The van der Waals surface area contributed by atoms with E-state index in [1.807, 2.05) is 35.8 Å². The number of carbonyl (C=O) groups is 1. The number of nitrogens with zero attached hydrogens (tertiary/aromatic N) is 3. The third-order valence-electron chi connectivity index (χ3n) is 3.96. The van der Waals surface area contributed by atoms with E-state index in [-0.39, 0.29) is 11.7 Å². The summed E-state index contributed by atoms with van der Waals surface area (Å²) in [5, 5.41) is 13.5. The SMILES string of the molecule is CCn1c(CSCc2ccc(Cl)cc2)nnc1SCC(=O)Nc1cccc(Cl)c1. The van der Waals surface area contributed by atoms with Crippen LogP contribution < -0.4 is 5.32 Å². The van der Waals surface area contributed by atoms with E-state index in [1.54, 1.807) is 36.0 Å². The molecule has 2 aromatic carbocycles. The molecule has 0 saturated heterocycles. The highest BCUT2D eigenvalue weighted by Crippen LogP contribution is 2.23. The van der Waals surface area contributed by atoms with Crippen molar-refractivity contribution in [1.29, 1.82) is 0 Å². The van der Waals surface area contributed by atoms with E-state index in [0.29, 0.717) is 10.7 Å². The summed E-state index contributed by atoms with van der Waals surface area (Å²) in [5.74, 6) is 2.67. The molecular weight excluding hydrogens is 447 g/mol. The molecule has 0 aliphatic carbocycles. The Hall–Kier alpha value is -1.67. The summed E-state index contributed by atoms with van der Waals surface area (Å²) < 4.78 is 2.05. The van der Waals surface area contributed by atoms with Crippen molar-refractivity contribution in [3.63, 3.8) is 0 Å². The fraction of sp³-hybridized carbons (Fsp3) is 0.250. The Morgan fingerprint density at radius 1 is 1.07 bits per heavy atom. The molecule has 0 unspecified atom stereocenters. The van der Waals surface area contributed by atoms with Gasteiger partial charge in [0.1, 0.15) is 5.82 Å². The first-order valence-electron chi connectivity index (χ1n) is 8.97. The van der Waals surface area contributed by atoms with Gasteiger partial charge < -0.3 is 9.88 Å². The van der Waals surface area contributed by atoms with Gasteiger partial charge in [-0.3, -0.25) is 4.79 Å². The predicted octanol–water partition coefficient (Wildman–Crippen LogP) is 5.77. The minimum Gasteiger partial charge on any atom is -0.325 e. The highest BCUT2D eigenvalue weighted by atomic mass is 35.5. The number of amides is 1. The van der Waals surface area contributed by atoms with Crippen molar-refractivity contribution in [3.05, 3.63) is 70.0 Å². The summed E-state index contributed by atoms with van der Waals surface area (Å²) in [4.78, 5) is 12.2. The number of hydrogen-bond acceptors (Lipinski definition) is 5. The number of nitrogens with one attached hydrogen (secondary N) is 1. The average Bonchev–Trinajstić information content (AvgIpc) is 3.10. The van der Waals surface area contributed by atoms with E-state index in [4.69, 9.17) is 23.2 Å². The Labute approximate surface area is 188 Å². The lowest BCUT2D eigenvalue weighted by molar-refractivity contribution is -0.113. The van der Waals surface area contributed by atoms with Crippen LogP contribution in [0.1, 0.15) is 18.3 Å². The van der Waals surface area contributed by atoms with Crippen molar-refractivity contribution < 1.29 is 4.79 Å². The topological polar surface area (TPSA) is 59.8 Å². The molecule has 5 nitrogen and oxygen atoms in total. The quantitative estimate of drug-likeness (QED) is 0.405. The van der Waals surface area contributed by atoms with Gasteiger partial charge in [-0.25, -0.2) is 0 Å². The molecule has 152 valence electrons. The zero-order valence-electron chi connectivity index (χ0n) is 15.8. The number of hydrogen-bond donors (Lipinski definition) is 1. The summed E-state index contributed by atoms with van der Waals surface area (Å²) >= 11 is 15.0. The molecule has 0 aliphatic rings. The van der Waals surface area contributed by atoms with Crippen molar-refractivity contribution in [2.75, 3.05) is 11.1 Å². The lowest BCUT2D eigenvalue weighted by atomic mass is 10.2. The second-order valence-electron chi connectivity index (χ2n) is 6.11. The van der Waals surface area contributed by atoms with E-state index in [0.717, 1.165) is 34.1 Å². The molecule has 0 bridgehead atoms. The number of carbonyl (C=O) groups excluding carboxylic acids is 1. The lowest BCUT2D eigenvalue weighted by Gasteiger charge is -2.08. The zero-order chi connectivity index (χ0) is 20.6. The minimum atomic E-state index is -0.110. The van der Waals surface area contributed by atoms with Crippen LogP contribution in [-0.4, -0.2) is 26.4 Å². The first-order valence-corrected chi connectivity index (χ1v) is 11.9. The number of thioether (sulfide) groups is 2. The summed E-state index contributed by atoms with van der Waals surface area (Å²) in [5.41, 5.74) is 1.90. The predicted molar refractivity (Wildman–Crippen MR) is 123 cm³/mol. The fourth-order valence-electron chi connectivity index (χ4n) is 2.58. The van der Waals surface area contributed by atoms with Crippen molar-refractivity contribution in [3.8, 4) is 0 Å². The van der Waals surface area contributed by atoms with E-state index < -0.39 is 0 Å². The van der Waals surface area contributed by atoms with Crippen molar-refractivity contribution >= 4 is 58.3 Å². The van der Waals surface area contributed by atoms with Crippen LogP contribution in [-0.2, 0) is 22.8 Å². The molecule has 9 heteroatoms. The van der Waals surface area contributed by atoms with Gasteiger partial charge in [-0.1, -0.05) is 53.2 Å². The van der Waals surface area contributed by atoms with Gasteiger partial charge in [0.05, 0.1) is 11.5 Å². The monoisotopic (exact) mass is 466 g/mol. The van der Waals surface area contributed by atoms with Crippen molar-refractivity contribution in [2.24, 2.45) is 0 Å². The number of benzene rings is 2. The summed E-state index contributed by atoms with van der Waals surface area (Å²) in [6.45, 7) is 2.80. The molecule has 1 N–H and O–H groups in total. The average molecular weight is 467 g/mol. The lowest BCUT2D eigenvalue weighted by Crippen LogP contribution is -2.14. The molecule has 29 heavy (non-hydrogen) atoms. The van der Waals surface area contributed by atoms with Gasteiger partial charge in [-0.15, -0.1) is 22.0 Å². The number of rotatable bonds is 9. The van der Waals surface area contributed by atoms with Gasteiger partial charge in [0.15, 0.2) is 5.16 Å². The minimum absolute atomic E-state index is 0.110. The van der Waals surface area contributed by atoms with Crippen LogP contribution in [0.2, 0.25) is 10.0 Å². The number of halogens is 2. The third-order valence-corrected chi connectivity index (χ3v) is 6.42. The molecule has 1 amide bonds. The molecular formula is C20H20Cl2N4OS2. The summed E-state index contributed by atoms with van der Waals surface area (Å²) in [7, 11) is 0. The van der Waals surface area contributed by atoms with Crippen LogP contribution >= 0.6 is 46.7 Å². The molecule has 0 radical (unpaired) electrons. The standard InChI is InChI=1S/C20H20Cl2N4OS2/c1-2-26-18(12-28-11-14-6-8-15(21)9-7-14)24-25-20(26)29-13-19(27)23-17-5-3-4-16(22)10-17/h3-10H,2,11-13H2,1H3,(H,23,27). The highest BCUT2D eigenvalue weighted by molar-refractivity contribution is 7.99. The van der Waals surface area contributed by atoms with E-state index >= 15 is 0 Å². The van der Waals surface area contributed by atoms with Crippen LogP contribution in [0.25, 0.3) is 0 Å². The van der Waals surface area contributed by atoms with Crippen LogP contribution in [0.4, 0.5) is 5.69 Å². The molecule has 0 aliphatic heterocycles. The molecule has 0 atom stereocenters. The second kappa shape index (κ2) is 10.9. The van der Waals surface area contributed by atoms with Gasteiger partial charge >= 0.3 is 0 Å². The Bertz CT molecular complexity index is 963. The third kappa shape index (κ3) is 6.67. The molecule has 1 heterocycles. The first kappa shape index (κ1) is 22.0. The normalized spacial score (nSPS) is 10.9. The van der Waals surface area contributed by atoms with E-state index in [1.165, 1.54) is 17.3 Å². The highest BCUT2D eigenvalue weighted by Gasteiger charge is 2.13.